The summed E-state index contributed by atoms with van der Waals surface area (Å²) in [6, 6.07) is 9.81. The summed E-state index contributed by atoms with van der Waals surface area (Å²) in [5, 5.41) is 6.19. The molecule has 6 heteroatoms. The number of aromatic nitrogens is 1. The van der Waals surface area contributed by atoms with Crippen LogP contribution in [0.2, 0.25) is 0 Å². The lowest BCUT2D eigenvalue weighted by Crippen LogP contribution is -2.27. The maximum absolute atomic E-state index is 12.5. The van der Waals surface area contributed by atoms with Crippen molar-refractivity contribution in [3.05, 3.63) is 47.0 Å². The molecule has 1 N–H and O–H groups in total. The first kappa shape index (κ1) is 17.4. The first-order valence-electron chi connectivity index (χ1n) is 8.23. The van der Waals surface area contributed by atoms with Crippen molar-refractivity contribution >= 4 is 27.5 Å². The third-order valence-corrected chi connectivity index (χ3v) is 5.15. The average Bonchev–Trinajstić information content (AvgIpc) is 3.22. The van der Waals surface area contributed by atoms with Gasteiger partial charge in [0.25, 0.3) is 5.91 Å². The largest absolute Gasteiger partial charge is 0.493 e. The molecule has 25 heavy (non-hydrogen) atoms. The lowest BCUT2D eigenvalue weighted by atomic mass is 10.1. The number of amides is 1. The maximum Gasteiger partial charge on any atom is 0.267 e. The summed E-state index contributed by atoms with van der Waals surface area (Å²) in [5.74, 6) is 1.37. The Hall–Kier alpha value is -2.47. The number of benzene rings is 1. The lowest BCUT2D eigenvalue weighted by Gasteiger charge is -2.11. The summed E-state index contributed by atoms with van der Waals surface area (Å²) >= 11 is 1.66. The Bertz CT molecular complexity index is 882. The number of aryl methyl sites for hydroxylation is 1. The number of methoxy groups -OCH3 is 2. The number of carbonyl (C=O) groups excluding carboxylic acids is 1. The van der Waals surface area contributed by atoms with Gasteiger partial charge in [-0.1, -0.05) is 6.07 Å². The number of ether oxygens (including phenoxy) is 2. The van der Waals surface area contributed by atoms with Crippen molar-refractivity contribution in [3.8, 4) is 11.5 Å². The smallest absolute Gasteiger partial charge is 0.267 e. The van der Waals surface area contributed by atoms with Gasteiger partial charge in [0.2, 0.25) is 0 Å². The van der Waals surface area contributed by atoms with Crippen LogP contribution in [-0.2, 0) is 13.0 Å². The Morgan fingerprint density at radius 2 is 1.96 bits per heavy atom. The molecule has 0 saturated carbocycles. The molecule has 0 aliphatic carbocycles. The molecule has 3 aromatic rings. The number of hydrogen-bond donors (Lipinski definition) is 1. The predicted molar refractivity (Wildman–Crippen MR) is 101 cm³/mol. The summed E-state index contributed by atoms with van der Waals surface area (Å²) in [4.78, 5) is 13.7. The predicted octanol–water partition coefficient (Wildman–Crippen LogP) is 3.71. The van der Waals surface area contributed by atoms with Crippen molar-refractivity contribution in [1.82, 2.24) is 9.88 Å². The SMILES string of the molecule is CCn1c(C(=O)NCCc2ccc(OC)c(OC)c2)cc2ccsc21. The molecule has 0 aliphatic rings. The van der Waals surface area contributed by atoms with Gasteiger partial charge in [0.05, 0.1) is 14.2 Å². The Morgan fingerprint density at radius 1 is 1.16 bits per heavy atom. The van der Waals surface area contributed by atoms with E-state index in [1.807, 2.05) is 30.3 Å². The van der Waals surface area contributed by atoms with Gasteiger partial charge in [-0.15, -0.1) is 11.3 Å². The second-order valence-corrected chi connectivity index (χ2v) is 6.54. The molecule has 1 amide bonds. The number of rotatable bonds is 7. The monoisotopic (exact) mass is 358 g/mol. The topological polar surface area (TPSA) is 52.5 Å². The number of nitrogens with zero attached hydrogens (tertiary/aromatic N) is 1. The molecule has 0 radical (unpaired) electrons. The molecular formula is C19H22N2O3S. The van der Waals surface area contributed by atoms with Gasteiger partial charge in [-0.2, -0.15) is 0 Å². The van der Waals surface area contributed by atoms with Gasteiger partial charge in [-0.05, 0) is 48.6 Å². The van der Waals surface area contributed by atoms with Crippen LogP contribution in [0.5, 0.6) is 11.5 Å². The Morgan fingerprint density at radius 3 is 2.68 bits per heavy atom. The van der Waals surface area contributed by atoms with E-state index in [1.54, 1.807) is 25.6 Å². The van der Waals surface area contributed by atoms with Crippen LogP contribution >= 0.6 is 11.3 Å². The zero-order valence-corrected chi connectivity index (χ0v) is 15.5. The van der Waals surface area contributed by atoms with Gasteiger partial charge >= 0.3 is 0 Å². The molecule has 0 aliphatic heterocycles. The summed E-state index contributed by atoms with van der Waals surface area (Å²) < 4.78 is 12.6. The van der Waals surface area contributed by atoms with Crippen molar-refractivity contribution in [3.63, 3.8) is 0 Å². The number of nitrogens with one attached hydrogen (secondary N) is 1. The van der Waals surface area contributed by atoms with E-state index in [9.17, 15) is 4.79 Å². The first-order valence-corrected chi connectivity index (χ1v) is 9.11. The summed E-state index contributed by atoms with van der Waals surface area (Å²) in [7, 11) is 3.24. The Labute approximate surface area is 151 Å². The van der Waals surface area contributed by atoms with Crippen molar-refractivity contribution in [2.45, 2.75) is 19.9 Å². The fourth-order valence-electron chi connectivity index (χ4n) is 2.92. The van der Waals surface area contributed by atoms with Crippen LogP contribution < -0.4 is 14.8 Å². The molecule has 0 saturated heterocycles. The second kappa shape index (κ2) is 7.61. The van der Waals surface area contributed by atoms with Crippen molar-refractivity contribution in [2.75, 3.05) is 20.8 Å². The van der Waals surface area contributed by atoms with E-state index >= 15 is 0 Å². The van der Waals surface area contributed by atoms with E-state index in [4.69, 9.17) is 9.47 Å². The summed E-state index contributed by atoms with van der Waals surface area (Å²) in [6.45, 7) is 3.40. The van der Waals surface area contributed by atoms with Crippen LogP contribution in [0.25, 0.3) is 10.2 Å². The van der Waals surface area contributed by atoms with Crippen molar-refractivity contribution in [2.24, 2.45) is 0 Å². The molecule has 132 valence electrons. The van der Waals surface area contributed by atoms with Crippen LogP contribution in [-0.4, -0.2) is 31.2 Å². The third kappa shape index (κ3) is 3.49. The number of thiophene rings is 1. The van der Waals surface area contributed by atoms with E-state index < -0.39 is 0 Å². The Balaban J connectivity index is 1.65. The molecule has 1 aromatic carbocycles. The zero-order valence-electron chi connectivity index (χ0n) is 14.7. The van der Waals surface area contributed by atoms with Crippen LogP contribution in [0.1, 0.15) is 23.0 Å². The zero-order chi connectivity index (χ0) is 17.8. The van der Waals surface area contributed by atoms with Crippen LogP contribution in [0, 0.1) is 0 Å². The number of carbonyl (C=O) groups is 1. The summed E-state index contributed by atoms with van der Waals surface area (Å²) in [5.41, 5.74) is 1.81. The minimum Gasteiger partial charge on any atom is -0.493 e. The van der Waals surface area contributed by atoms with Crippen LogP contribution in [0.15, 0.2) is 35.7 Å². The van der Waals surface area contributed by atoms with Crippen molar-refractivity contribution in [1.29, 1.82) is 0 Å². The Kier molecular flexibility index (Phi) is 5.28. The normalized spacial score (nSPS) is 10.8. The molecule has 0 fully saturated rings. The minimum atomic E-state index is -0.0364. The molecule has 2 heterocycles. The molecule has 0 unspecified atom stereocenters. The molecule has 0 bridgehead atoms. The highest BCUT2D eigenvalue weighted by Crippen LogP contribution is 2.28. The quantitative estimate of drug-likeness (QED) is 0.700. The van der Waals surface area contributed by atoms with Gasteiger partial charge in [0.15, 0.2) is 11.5 Å². The van der Waals surface area contributed by atoms with E-state index in [1.165, 1.54) is 0 Å². The fraction of sp³-hybridized carbons (Fsp3) is 0.316. The molecular weight excluding hydrogens is 336 g/mol. The van der Waals surface area contributed by atoms with Gasteiger partial charge in [0, 0.05) is 18.5 Å². The third-order valence-electron chi connectivity index (χ3n) is 4.20. The second-order valence-electron chi connectivity index (χ2n) is 5.65. The number of fused-ring (bicyclic) bond motifs is 1. The fourth-order valence-corrected chi connectivity index (χ4v) is 3.89. The number of hydrogen-bond acceptors (Lipinski definition) is 4. The van der Waals surface area contributed by atoms with Crippen molar-refractivity contribution < 1.29 is 14.3 Å². The van der Waals surface area contributed by atoms with Gasteiger partial charge in [0.1, 0.15) is 10.5 Å². The molecule has 0 atom stereocenters. The van der Waals surface area contributed by atoms with Gasteiger partial charge < -0.3 is 19.4 Å². The molecule has 5 nitrogen and oxygen atoms in total. The minimum absolute atomic E-state index is 0.0364. The highest BCUT2D eigenvalue weighted by Gasteiger charge is 2.15. The maximum atomic E-state index is 12.5. The first-order chi connectivity index (χ1) is 12.2. The van der Waals surface area contributed by atoms with E-state index in [-0.39, 0.29) is 5.91 Å². The highest BCUT2D eigenvalue weighted by atomic mass is 32.1. The molecule has 0 spiro atoms. The summed E-state index contributed by atoms with van der Waals surface area (Å²) in [6.07, 6.45) is 0.729. The highest BCUT2D eigenvalue weighted by molar-refractivity contribution is 7.16. The van der Waals surface area contributed by atoms with E-state index in [2.05, 4.69) is 22.2 Å². The van der Waals surface area contributed by atoms with E-state index in [0.717, 1.165) is 34.4 Å². The molecule has 2 aromatic heterocycles. The van der Waals surface area contributed by atoms with E-state index in [0.29, 0.717) is 18.0 Å². The van der Waals surface area contributed by atoms with Gasteiger partial charge in [-0.3, -0.25) is 4.79 Å². The standard InChI is InChI=1S/C19H22N2O3S/c1-4-21-15(12-14-8-10-25-19(14)21)18(22)20-9-7-13-5-6-16(23-2)17(11-13)24-3/h5-6,8,10-12H,4,7,9H2,1-3H3,(H,20,22). The lowest BCUT2D eigenvalue weighted by molar-refractivity contribution is 0.0945. The van der Waals surface area contributed by atoms with Crippen LogP contribution in [0.3, 0.4) is 0 Å². The van der Waals surface area contributed by atoms with Gasteiger partial charge in [-0.25, -0.2) is 0 Å². The van der Waals surface area contributed by atoms with Crippen LogP contribution in [0.4, 0.5) is 0 Å². The molecule has 3 rings (SSSR count). The average molecular weight is 358 g/mol.